The van der Waals surface area contributed by atoms with Gasteiger partial charge in [-0.25, -0.2) is 4.79 Å². The lowest BCUT2D eigenvalue weighted by Crippen LogP contribution is -2.15. The van der Waals surface area contributed by atoms with Crippen molar-refractivity contribution in [2.75, 3.05) is 12.9 Å². The lowest BCUT2D eigenvalue weighted by Gasteiger charge is -2.17. The fourth-order valence-corrected chi connectivity index (χ4v) is 5.00. The first kappa shape index (κ1) is 26.7. The Morgan fingerprint density at radius 1 is 1.27 bits per heavy atom. The second-order valence-electron chi connectivity index (χ2n) is 8.12. The summed E-state index contributed by atoms with van der Waals surface area (Å²) in [5, 5.41) is 29.6. The lowest BCUT2D eigenvalue weighted by molar-refractivity contribution is -0.137. The van der Waals surface area contributed by atoms with E-state index in [1.807, 2.05) is 6.08 Å². The van der Waals surface area contributed by atoms with Crippen molar-refractivity contribution in [3.63, 3.8) is 0 Å². The highest BCUT2D eigenvalue weighted by Crippen LogP contribution is 2.41. The summed E-state index contributed by atoms with van der Waals surface area (Å²) in [5.74, 6) is -0.372. The zero-order chi connectivity index (χ0) is 22.5. The number of aliphatic hydroxyl groups is 2. The van der Waals surface area contributed by atoms with E-state index < -0.39 is 24.1 Å². The average molecular weight is 443 g/mol. The summed E-state index contributed by atoms with van der Waals surface area (Å²) >= 11 is 1.52. The Morgan fingerprint density at radius 3 is 2.63 bits per heavy atom. The van der Waals surface area contributed by atoms with E-state index in [0.717, 1.165) is 42.8 Å². The van der Waals surface area contributed by atoms with Crippen molar-refractivity contribution in [2.24, 2.45) is 11.8 Å². The molecule has 0 saturated heterocycles. The second kappa shape index (κ2) is 14.7. The Kier molecular flexibility index (Phi) is 13.1. The number of aliphatic hydroxyl groups excluding tert-OH is 2. The van der Waals surface area contributed by atoms with Gasteiger partial charge in [-0.05, 0) is 30.9 Å². The molecule has 0 radical (unpaired) electrons. The molecule has 4 atom stereocenters. The predicted octanol–water partition coefficient (Wildman–Crippen LogP) is 4.31. The summed E-state index contributed by atoms with van der Waals surface area (Å²) < 4.78 is 4.89. The normalized spacial score (nSPS) is 21.2. The fourth-order valence-electron chi connectivity index (χ4n) is 3.67. The Hall–Kier alpha value is -1.31. The van der Waals surface area contributed by atoms with Gasteiger partial charge >= 0.3 is 11.9 Å². The molecule has 0 aromatic carbocycles. The highest BCUT2D eigenvalue weighted by molar-refractivity contribution is 8.03. The number of carbonyl (C=O) groups is 2. The van der Waals surface area contributed by atoms with Gasteiger partial charge in [-0.2, -0.15) is 0 Å². The van der Waals surface area contributed by atoms with Crippen LogP contribution in [0.4, 0.5) is 0 Å². The van der Waals surface area contributed by atoms with Crippen LogP contribution < -0.4 is 0 Å². The third-order valence-corrected chi connectivity index (χ3v) is 6.71. The van der Waals surface area contributed by atoms with Crippen LogP contribution >= 0.6 is 11.8 Å². The minimum Gasteiger partial charge on any atom is -0.481 e. The maximum absolute atomic E-state index is 12.2. The molecule has 3 N–H and O–H groups in total. The van der Waals surface area contributed by atoms with Crippen LogP contribution in [0.3, 0.4) is 0 Å². The van der Waals surface area contributed by atoms with Gasteiger partial charge in [0.2, 0.25) is 0 Å². The number of thioether (sulfide) groups is 1. The van der Waals surface area contributed by atoms with Crippen LogP contribution in [0.5, 0.6) is 0 Å². The number of methoxy groups -OCH3 is 1. The summed E-state index contributed by atoms with van der Waals surface area (Å²) in [6, 6.07) is 0. The molecule has 0 bridgehead atoms. The van der Waals surface area contributed by atoms with E-state index in [4.69, 9.17) is 9.84 Å². The summed E-state index contributed by atoms with van der Waals surface area (Å²) in [6.45, 7) is 4.29. The van der Waals surface area contributed by atoms with Gasteiger partial charge in [0.05, 0.1) is 19.3 Å². The van der Waals surface area contributed by atoms with Gasteiger partial charge in [0.15, 0.2) is 0 Å². The minimum absolute atomic E-state index is 0.166. The molecule has 1 aliphatic carbocycles. The maximum atomic E-state index is 12.2. The molecule has 0 amide bonds. The zero-order valence-corrected chi connectivity index (χ0v) is 19.3. The first-order chi connectivity index (χ1) is 14.3. The Balaban J connectivity index is 2.72. The first-order valence-electron chi connectivity index (χ1n) is 11.0. The molecule has 172 valence electrons. The molecule has 0 saturated carbocycles. The van der Waals surface area contributed by atoms with Crippen molar-refractivity contribution in [1.82, 2.24) is 0 Å². The van der Waals surface area contributed by atoms with E-state index in [9.17, 15) is 19.8 Å². The molecule has 1 rings (SSSR count). The van der Waals surface area contributed by atoms with Gasteiger partial charge in [0.25, 0.3) is 0 Å². The lowest BCUT2D eigenvalue weighted by atomic mass is 9.96. The quantitative estimate of drug-likeness (QED) is 0.197. The Bertz CT molecular complexity index is 601. The van der Waals surface area contributed by atoms with Gasteiger partial charge in [0.1, 0.15) is 0 Å². The number of esters is 1. The van der Waals surface area contributed by atoms with Gasteiger partial charge in [-0.1, -0.05) is 51.7 Å². The molecule has 0 unspecified atom stereocenters. The molecule has 0 heterocycles. The van der Waals surface area contributed by atoms with Crippen molar-refractivity contribution < 1.29 is 29.6 Å². The molecular weight excluding hydrogens is 404 g/mol. The van der Waals surface area contributed by atoms with E-state index in [1.165, 1.54) is 18.9 Å². The molecule has 0 aliphatic heterocycles. The first-order valence-corrected chi connectivity index (χ1v) is 12.0. The van der Waals surface area contributed by atoms with E-state index in [1.54, 1.807) is 6.08 Å². The Morgan fingerprint density at radius 2 is 2.00 bits per heavy atom. The third kappa shape index (κ3) is 9.67. The van der Waals surface area contributed by atoms with Gasteiger partial charge < -0.3 is 20.1 Å². The molecule has 7 heteroatoms. The molecule has 30 heavy (non-hydrogen) atoms. The van der Waals surface area contributed by atoms with Crippen LogP contribution in [0.2, 0.25) is 0 Å². The number of carboxylic acids is 1. The van der Waals surface area contributed by atoms with Crippen LogP contribution in [-0.2, 0) is 14.3 Å². The standard InChI is InChI=1S/C23H38O6S/c1-4-5-9-16(2)14-17(24)11-12-18-20(25)15-19(23(28)29-3)22(18)30-13-8-6-7-10-21(26)27/h11-12,16-18,20,24-25H,4-10,13-15H2,1-3H3,(H,26,27)/b12-11+/t16-,17-,18+,20-/m1/s1. The van der Waals surface area contributed by atoms with Crippen LogP contribution in [0.1, 0.15) is 71.6 Å². The summed E-state index contributed by atoms with van der Waals surface area (Å²) in [6.07, 6.45) is 9.01. The van der Waals surface area contributed by atoms with Crippen LogP contribution in [0, 0.1) is 11.8 Å². The van der Waals surface area contributed by atoms with Crippen LogP contribution in [0.15, 0.2) is 22.6 Å². The highest BCUT2D eigenvalue weighted by Gasteiger charge is 2.35. The Labute approximate surface area is 184 Å². The van der Waals surface area contributed by atoms with Crippen molar-refractivity contribution in [1.29, 1.82) is 0 Å². The van der Waals surface area contributed by atoms with E-state index in [2.05, 4.69) is 13.8 Å². The molecule has 1 aliphatic rings. The number of rotatable bonds is 15. The molecule has 0 spiro atoms. The monoisotopic (exact) mass is 442 g/mol. The van der Waals surface area contributed by atoms with Crippen molar-refractivity contribution >= 4 is 23.7 Å². The second-order valence-corrected chi connectivity index (χ2v) is 9.26. The zero-order valence-electron chi connectivity index (χ0n) is 18.5. The average Bonchev–Trinajstić information content (AvgIpc) is 3.01. The summed E-state index contributed by atoms with van der Waals surface area (Å²) in [7, 11) is 1.33. The van der Waals surface area contributed by atoms with Gasteiger partial charge in [0, 0.05) is 29.2 Å². The molecule has 0 aromatic rings. The van der Waals surface area contributed by atoms with E-state index in [-0.39, 0.29) is 18.8 Å². The van der Waals surface area contributed by atoms with Gasteiger partial charge in [-0.15, -0.1) is 11.8 Å². The van der Waals surface area contributed by atoms with Crippen LogP contribution in [0.25, 0.3) is 0 Å². The number of carboxylic acid groups (broad SMARTS) is 1. The number of hydrogen-bond donors (Lipinski definition) is 3. The third-order valence-electron chi connectivity index (χ3n) is 5.39. The topological polar surface area (TPSA) is 104 Å². The number of unbranched alkanes of at least 4 members (excludes halogenated alkanes) is 3. The molecule has 6 nitrogen and oxygen atoms in total. The number of ether oxygens (including phenoxy) is 1. The summed E-state index contributed by atoms with van der Waals surface area (Å²) in [4.78, 5) is 23.6. The fraction of sp³-hybridized carbons (Fsp3) is 0.739. The van der Waals surface area contributed by atoms with Crippen molar-refractivity contribution in [2.45, 2.75) is 83.8 Å². The largest absolute Gasteiger partial charge is 0.481 e. The number of hydrogen-bond acceptors (Lipinski definition) is 6. The number of aliphatic carboxylic acids is 1. The van der Waals surface area contributed by atoms with Gasteiger partial charge in [-0.3, -0.25) is 4.79 Å². The van der Waals surface area contributed by atoms with Crippen molar-refractivity contribution in [3.05, 3.63) is 22.6 Å². The summed E-state index contributed by atoms with van der Waals surface area (Å²) in [5.41, 5.74) is 0.501. The number of carbonyl (C=O) groups excluding carboxylic acids is 1. The van der Waals surface area contributed by atoms with E-state index in [0.29, 0.717) is 24.3 Å². The van der Waals surface area contributed by atoms with Crippen LogP contribution in [-0.4, -0.2) is 52.3 Å². The SMILES string of the molecule is CCCC[C@@H](C)C[C@H](O)/C=C/[C@@H]1C(SCCCCCC(=O)O)=C(C(=O)OC)C[C@H]1O. The smallest absolute Gasteiger partial charge is 0.334 e. The predicted molar refractivity (Wildman–Crippen MR) is 120 cm³/mol. The van der Waals surface area contributed by atoms with E-state index >= 15 is 0 Å². The minimum atomic E-state index is -0.787. The molecule has 0 aromatic heterocycles. The molecule has 0 fully saturated rings. The highest BCUT2D eigenvalue weighted by atomic mass is 32.2. The van der Waals surface area contributed by atoms with Crippen molar-refractivity contribution in [3.8, 4) is 0 Å². The molecular formula is C23H38O6S. The maximum Gasteiger partial charge on any atom is 0.334 e.